The number of fused-ring (bicyclic) bond motifs is 1. The second-order valence-corrected chi connectivity index (χ2v) is 4.98. The Labute approximate surface area is 104 Å². The normalized spacial score (nSPS) is 11.1. The number of halogens is 1. The van der Waals surface area contributed by atoms with E-state index in [2.05, 4.69) is 30.9 Å². The van der Waals surface area contributed by atoms with Crippen molar-refractivity contribution >= 4 is 44.0 Å². The summed E-state index contributed by atoms with van der Waals surface area (Å²) in [5, 5.41) is 1.95. The Balaban J connectivity index is 2.27. The lowest BCUT2D eigenvalue weighted by molar-refractivity contribution is 1.27. The Bertz CT molecular complexity index is 644. The summed E-state index contributed by atoms with van der Waals surface area (Å²) in [5.41, 5.74) is 10.9. The molecule has 16 heavy (non-hydrogen) atoms. The Morgan fingerprint density at radius 1 is 1.38 bits per heavy atom. The highest BCUT2D eigenvalue weighted by Gasteiger charge is 2.09. The lowest BCUT2D eigenvalue weighted by atomic mass is 10.3. The molecule has 3 aromatic rings. The van der Waals surface area contributed by atoms with Crippen molar-refractivity contribution in [2.24, 2.45) is 0 Å². The Kier molecular flexibility index (Phi) is 2.19. The van der Waals surface area contributed by atoms with E-state index in [0.29, 0.717) is 5.69 Å². The number of nitrogens with two attached hydrogens (primary N) is 1. The van der Waals surface area contributed by atoms with Gasteiger partial charge in [0.05, 0.1) is 16.7 Å². The topological polar surface area (TPSA) is 67.6 Å². The lowest BCUT2D eigenvalue weighted by Gasteiger charge is -1.94. The minimum absolute atomic E-state index is 0.655. The number of H-pyrrole nitrogens is 1. The molecule has 0 atom stereocenters. The van der Waals surface area contributed by atoms with Crippen LogP contribution in [0.2, 0.25) is 0 Å². The van der Waals surface area contributed by atoms with Crippen LogP contribution in [-0.4, -0.2) is 15.0 Å². The van der Waals surface area contributed by atoms with Crippen LogP contribution in [-0.2, 0) is 0 Å². The van der Waals surface area contributed by atoms with E-state index in [-0.39, 0.29) is 0 Å². The number of nitrogens with one attached hydrogen (secondary N) is 1. The predicted octanol–water partition coefficient (Wildman–Crippen LogP) is 3.03. The first-order valence-electron chi connectivity index (χ1n) is 4.57. The number of hydrogen-bond acceptors (Lipinski definition) is 4. The molecule has 0 radical (unpaired) electrons. The first kappa shape index (κ1) is 9.80. The summed E-state index contributed by atoms with van der Waals surface area (Å²) in [6.07, 6.45) is 0. The maximum Gasteiger partial charge on any atom is 0.158 e. The van der Waals surface area contributed by atoms with Gasteiger partial charge in [-0.05, 0) is 12.1 Å². The molecule has 1 aromatic carbocycles. The maximum atomic E-state index is 5.89. The number of nitrogen functional groups attached to an aromatic ring is 1. The average molecular weight is 295 g/mol. The molecule has 0 fully saturated rings. The largest absolute Gasteiger partial charge is 0.397 e. The van der Waals surface area contributed by atoms with E-state index in [0.717, 1.165) is 27.0 Å². The average Bonchev–Trinajstić information content (AvgIpc) is 2.82. The third-order valence-electron chi connectivity index (χ3n) is 2.26. The van der Waals surface area contributed by atoms with Crippen LogP contribution in [0.5, 0.6) is 0 Å². The van der Waals surface area contributed by atoms with E-state index < -0.39 is 0 Å². The molecule has 0 spiro atoms. The van der Waals surface area contributed by atoms with Crippen LogP contribution >= 0.6 is 27.3 Å². The number of benzene rings is 1. The van der Waals surface area contributed by atoms with Gasteiger partial charge in [-0.3, -0.25) is 0 Å². The van der Waals surface area contributed by atoms with Crippen LogP contribution < -0.4 is 5.73 Å². The van der Waals surface area contributed by atoms with E-state index >= 15 is 0 Å². The van der Waals surface area contributed by atoms with E-state index in [1.165, 1.54) is 0 Å². The molecular formula is C10H7BrN4S. The van der Waals surface area contributed by atoms with Gasteiger partial charge in [0, 0.05) is 9.85 Å². The van der Waals surface area contributed by atoms with E-state index in [1.54, 1.807) is 16.8 Å². The van der Waals surface area contributed by atoms with E-state index in [1.807, 2.05) is 17.5 Å². The monoisotopic (exact) mass is 294 g/mol. The van der Waals surface area contributed by atoms with E-state index in [9.17, 15) is 0 Å². The van der Waals surface area contributed by atoms with Crippen molar-refractivity contribution < 1.29 is 0 Å². The van der Waals surface area contributed by atoms with Gasteiger partial charge < -0.3 is 10.7 Å². The summed E-state index contributed by atoms with van der Waals surface area (Å²) in [4.78, 5) is 11.8. The molecule has 2 aromatic heterocycles. The lowest BCUT2D eigenvalue weighted by Crippen LogP contribution is -1.86. The van der Waals surface area contributed by atoms with Crippen LogP contribution in [0.3, 0.4) is 0 Å². The smallest absolute Gasteiger partial charge is 0.158 e. The van der Waals surface area contributed by atoms with Crippen LogP contribution in [0, 0.1) is 0 Å². The van der Waals surface area contributed by atoms with Crippen LogP contribution in [0.4, 0.5) is 5.69 Å². The molecule has 0 saturated heterocycles. The first-order valence-corrected chi connectivity index (χ1v) is 6.31. The van der Waals surface area contributed by atoms with E-state index in [4.69, 9.17) is 5.73 Å². The quantitative estimate of drug-likeness (QED) is 0.678. The molecule has 0 aliphatic carbocycles. The van der Waals surface area contributed by atoms with Gasteiger partial charge in [-0.15, -0.1) is 11.3 Å². The number of rotatable bonds is 1. The molecule has 6 heteroatoms. The number of imidazole rings is 1. The standard InChI is InChI=1S/C10H7BrN4S/c11-5-1-6(12)9-7(2-5)14-10(15-9)8-3-16-4-13-8/h1-4H,12H2,(H,14,15). The third kappa shape index (κ3) is 1.50. The summed E-state index contributed by atoms with van der Waals surface area (Å²) in [5.74, 6) is 0.751. The molecule has 0 saturated carbocycles. The molecule has 0 amide bonds. The van der Waals surface area contributed by atoms with Gasteiger partial charge in [0.25, 0.3) is 0 Å². The first-order chi connectivity index (χ1) is 7.74. The second kappa shape index (κ2) is 3.57. The molecule has 0 aliphatic heterocycles. The fourth-order valence-electron chi connectivity index (χ4n) is 1.56. The number of aromatic nitrogens is 3. The highest BCUT2D eigenvalue weighted by Crippen LogP contribution is 2.27. The predicted molar refractivity (Wildman–Crippen MR) is 69.3 cm³/mol. The summed E-state index contributed by atoms with van der Waals surface area (Å²) in [6.45, 7) is 0. The number of hydrogen-bond donors (Lipinski definition) is 2. The number of nitrogens with zero attached hydrogens (tertiary/aromatic N) is 2. The third-order valence-corrected chi connectivity index (χ3v) is 3.30. The SMILES string of the molecule is Nc1cc(Br)cc2[nH]c(-c3cscn3)nc12. The van der Waals surface area contributed by atoms with Gasteiger partial charge in [-0.25, -0.2) is 9.97 Å². The molecule has 0 unspecified atom stereocenters. The second-order valence-electron chi connectivity index (χ2n) is 3.35. The molecular weight excluding hydrogens is 288 g/mol. The fraction of sp³-hybridized carbons (Fsp3) is 0. The molecule has 0 aliphatic rings. The fourth-order valence-corrected chi connectivity index (χ4v) is 2.57. The number of anilines is 1. The van der Waals surface area contributed by atoms with Crippen molar-refractivity contribution in [3.63, 3.8) is 0 Å². The summed E-state index contributed by atoms with van der Waals surface area (Å²) in [7, 11) is 0. The Morgan fingerprint density at radius 2 is 2.25 bits per heavy atom. The van der Waals surface area contributed by atoms with Gasteiger partial charge in [0.1, 0.15) is 11.2 Å². The zero-order valence-electron chi connectivity index (χ0n) is 8.07. The number of thiazole rings is 1. The zero-order chi connectivity index (χ0) is 11.1. The van der Waals surface area contributed by atoms with Gasteiger partial charge in [-0.2, -0.15) is 0 Å². The van der Waals surface area contributed by atoms with Crippen LogP contribution in [0.25, 0.3) is 22.6 Å². The summed E-state index contributed by atoms with van der Waals surface area (Å²) in [6, 6.07) is 3.79. The Hall–Kier alpha value is -1.40. The van der Waals surface area contributed by atoms with Crippen molar-refractivity contribution in [1.82, 2.24) is 15.0 Å². The van der Waals surface area contributed by atoms with Gasteiger partial charge in [0.2, 0.25) is 0 Å². The van der Waals surface area contributed by atoms with Crippen LogP contribution in [0.15, 0.2) is 27.5 Å². The minimum atomic E-state index is 0.655. The summed E-state index contributed by atoms with van der Waals surface area (Å²) >= 11 is 4.94. The van der Waals surface area contributed by atoms with Gasteiger partial charge in [0.15, 0.2) is 5.82 Å². The molecule has 2 heterocycles. The Morgan fingerprint density at radius 3 is 3.00 bits per heavy atom. The summed E-state index contributed by atoms with van der Waals surface area (Å²) < 4.78 is 0.936. The molecule has 4 nitrogen and oxygen atoms in total. The maximum absolute atomic E-state index is 5.89. The van der Waals surface area contributed by atoms with Gasteiger partial charge in [-0.1, -0.05) is 15.9 Å². The van der Waals surface area contributed by atoms with Crippen molar-refractivity contribution in [3.8, 4) is 11.5 Å². The molecule has 80 valence electrons. The zero-order valence-corrected chi connectivity index (χ0v) is 10.5. The van der Waals surface area contributed by atoms with Crippen molar-refractivity contribution in [1.29, 1.82) is 0 Å². The molecule has 3 N–H and O–H groups in total. The van der Waals surface area contributed by atoms with Crippen molar-refractivity contribution in [3.05, 3.63) is 27.5 Å². The molecule has 3 rings (SSSR count). The van der Waals surface area contributed by atoms with Gasteiger partial charge >= 0.3 is 0 Å². The van der Waals surface area contributed by atoms with Crippen molar-refractivity contribution in [2.75, 3.05) is 5.73 Å². The minimum Gasteiger partial charge on any atom is -0.397 e. The van der Waals surface area contributed by atoms with Crippen LogP contribution in [0.1, 0.15) is 0 Å². The molecule has 0 bridgehead atoms. The van der Waals surface area contributed by atoms with Crippen molar-refractivity contribution in [2.45, 2.75) is 0 Å². The number of aromatic amines is 1. The highest BCUT2D eigenvalue weighted by molar-refractivity contribution is 9.10. The highest BCUT2D eigenvalue weighted by atomic mass is 79.9.